The van der Waals surface area contributed by atoms with Crippen LogP contribution in [0.2, 0.25) is 0 Å². The Morgan fingerprint density at radius 3 is 2.39 bits per heavy atom. The van der Waals surface area contributed by atoms with Gasteiger partial charge in [-0.3, -0.25) is 4.79 Å². The number of hydrogen-bond acceptors (Lipinski definition) is 6. The number of hydrogen-bond donors (Lipinski definition) is 1. The minimum absolute atomic E-state index is 0.148. The van der Waals surface area contributed by atoms with Gasteiger partial charge in [0.2, 0.25) is 5.91 Å². The summed E-state index contributed by atoms with van der Waals surface area (Å²) in [6.07, 6.45) is 0. The highest BCUT2D eigenvalue weighted by Crippen LogP contribution is 2.32. The van der Waals surface area contributed by atoms with Crippen LogP contribution in [0.5, 0.6) is 5.75 Å². The number of nitrogens with zero attached hydrogens (tertiary/aromatic N) is 2. The molecular formula is C24H21N3O3S. The summed E-state index contributed by atoms with van der Waals surface area (Å²) < 4.78 is 11.1. The predicted molar refractivity (Wildman–Crippen MR) is 122 cm³/mol. The van der Waals surface area contributed by atoms with Crippen molar-refractivity contribution in [3.8, 4) is 28.3 Å². The van der Waals surface area contributed by atoms with Gasteiger partial charge in [-0.15, -0.1) is 10.2 Å². The molecule has 1 atom stereocenters. The van der Waals surface area contributed by atoms with E-state index in [4.69, 9.17) is 9.15 Å². The highest BCUT2D eigenvalue weighted by Gasteiger charge is 2.20. The van der Waals surface area contributed by atoms with Crippen LogP contribution < -0.4 is 10.1 Å². The molecule has 1 heterocycles. The van der Waals surface area contributed by atoms with Crippen molar-refractivity contribution in [3.63, 3.8) is 0 Å². The number of para-hydroxylation sites is 2. The molecular weight excluding hydrogens is 410 g/mol. The number of thioether (sulfide) groups is 1. The Morgan fingerprint density at radius 2 is 1.61 bits per heavy atom. The lowest BCUT2D eigenvalue weighted by Crippen LogP contribution is -2.22. The molecule has 0 radical (unpaired) electrons. The Hall–Kier alpha value is -3.58. The van der Waals surface area contributed by atoms with Gasteiger partial charge in [0.15, 0.2) is 0 Å². The second-order valence-corrected chi connectivity index (χ2v) is 8.03. The van der Waals surface area contributed by atoms with Gasteiger partial charge in [-0.05, 0) is 30.7 Å². The van der Waals surface area contributed by atoms with E-state index in [1.54, 1.807) is 14.0 Å². The van der Waals surface area contributed by atoms with E-state index in [0.717, 1.165) is 16.8 Å². The van der Waals surface area contributed by atoms with Crippen molar-refractivity contribution < 1.29 is 13.9 Å². The third-order valence-corrected chi connectivity index (χ3v) is 5.59. The fourth-order valence-electron chi connectivity index (χ4n) is 3.09. The number of benzene rings is 3. The molecule has 0 bridgehead atoms. The van der Waals surface area contributed by atoms with Gasteiger partial charge in [0.05, 0.1) is 17.9 Å². The Bertz CT molecular complexity index is 1180. The van der Waals surface area contributed by atoms with Gasteiger partial charge >= 0.3 is 0 Å². The average molecular weight is 432 g/mol. The molecule has 6 nitrogen and oxygen atoms in total. The zero-order valence-corrected chi connectivity index (χ0v) is 17.9. The maximum Gasteiger partial charge on any atom is 0.277 e. The van der Waals surface area contributed by atoms with E-state index >= 15 is 0 Å². The van der Waals surface area contributed by atoms with E-state index in [1.807, 2.05) is 78.9 Å². The summed E-state index contributed by atoms with van der Waals surface area (Å²) in [5.41, 5.74) is 3.46. The second-order valence-electron chi connectivity index (χ2n) is 6.73. The van der Waals surface area contributed by atoms with Crippen LogP contribution in [0.25, 0.3) is 22.6 Å². The number of aromatic nitrogens is 2. The van der Waals surface area contributed by atoms with Crippen molar-refractivity contribution in [2.24, 2.45) is 0 Å². The first-order valence-corrected chi connectivity index (χ1v) is 10.6. The molecule has 1 amide bonds. The number of carbonyl (C=O) groups is 1. The van der Waals surface area contributed by atoms with Gasteiger partial charge in [-0.2, -0.15) is 0 Å². The smallest absolute Gasteiger partial charge is 0.277 e. The van der Waals surface area contributed by atoms with Crippen molar-refractivity contribution in [1.29, 1.82) is 0 Å². The van der Waals surface area contributed by atoms with Gasteiger partial charge in [0.1, 0.15) is 5.75 Å². The molecule has 4 rings (SSSR count). The molecule has 3 aromatic carbocycles. The first kappa shape index (κ1) is 20.7. The second kappa shape index (κ2) is 9.49. The summed E-state index contributed by atoms with van der Waals surface area (Å²) in [7, 11) is 1.59. The van der Waals surface area contributed by atoms with Crippen molar-refractivity contribution in [2.75, 3.05) is 12.4 Å². The van der Waals surface area contributed by atoms with Gasteiger partial charge in [0.25, 0.3) is 11.1 Å². The largest absolute Gasteiger partial charge is 0.496 e. The maximum absolute atomic E-state index is 12.8. The summed E-state index contributed by atoms with van der Waals surface area (Å²) in [6.45, 7) is 1.80. The Balaban J connectivity index is 1.47. The first-order chi connectivity index (χ1) is 15.2. The van der Waals surface area contributed by atoms with Crippen LogP contribution in [0.1, 0.15) is 6.92 Å². The zero-order valence-electron chi connectivity index (χ0n) is 17.1. The van der Waals surface area contributed by atoms with E-state index in [0.29, 0.717) is 22.4 Å². The number of anilines is 1. The molecule has 0 aliphatic rings. The van der Waals surface area contributed by atoms with E-state index in [1.165, 1.54) is 11.8 Å². The van der Waals surface area contributed by atoms with E-state index in [-0.39, 0.29) is 5.91 Å². The Labute approximate surface area is 184 Å². The number of carbonyl (C=O) groups excluding carboxylic acids is 1. The van der Waals surface area contributed by atoms with Crippen LogP contribution in [-0.4, -0.2) is 28.5 Å². The van der Waals surface area contributed by atoms with Crippen LogP contribution in [-0.2, 0) is 4.79 Å². The molecule has 0 aliphatic carbocycles. The molecule has 0 fully saturated rings. The molecule has 7 heteroatoms. The van der Waals surface area contributed by atoms with Crippen molar-refractivity contribution >= 4 is 23.4 Å². The lowest BCUT2D eigenvalue weighted by atomic mass is 10.0. The lowest BCUT2D eigenvalue weighted by molar-refractivity contribution is -0.115. The summed E-state index contributed by atoms with van der Waals surface area (Å²) in [4.78, 5) is 12.8. The molecule has 156 valence electrons. The van der Waals surface area contributed by atoms with Crippen molar-refractivity contribution in [3.05, 3.63) is 78.9 Å². The quantitative estimate of drug-likeness (QED) is 0.388. The molecule has 0 aliphatic heterocycles. The van der Waals surface area contributed by atoms with Crippen LogP contribution in [0, 0.1) is 0 Å². The molecule has 0 spiro atoms. The van der Waals surface area contributed by atoms with Crippen LogP contribution in [0.3, 0.4) is 0 Å². The minimum atomic E-state index is -0.435. The van der Waals surface area contributed by atoms with Crippen molar-refractivity contribution in [2.45, 2.75) is 17.4 Å². The number of ether oxygens (including phenoxy) is 1. The summed E-state index contributed by atoms with van der Waals surface area (Å²) in [5, 5.41) is 11.1. The monoisotopic (exact) mass is 431 g/mol. The Kier molecular flexibility index (Phi) is 6.33. The summed E-state index contributed by atoms with van der Waals surface area (Å²) >= 11 is 1.21. The number of nitrogens with one attached hydrogen (secondary N) is 1. The van der Waals surface area contributed by atoms with Gasteiger partial charge < -0.3 is 14.5 Å². The minimum Gasteiger partial charge on any atom is -0.496 e. The summed E-state index contributed by atoms with van der Waals surface area (Å²) in [6, 6.07) is 25.1. The fourth-order valence-corrected chi connectivity index (χ4v) is 3.77. The zero-order chi connectivity index (χ0) is 21.6. The molecule has 0 saturated carbocycles. The average Bonchev–Trinajstić information content (AvgIpc) is 3.28. The van der Waals surface area contributed by atoms with Gasteiger partial charge in [-0.1, -0.05) is 72.4 Å². The van der Waals surface area contributed by atoms with Crippen molar-refractivity contribution in [1.82, 2.24) is 10.2 Å². The maximum atomic E-state index is 12.8. The van der Waals surface area contributed by atoms with E-state index in [9.17, 15) is 4.79 Å². The van der Waals surface area contributed by atoms with Crippen LogP contribution in [0.4, 0.5) is 5.69 Å². The number of methoxy groups -OCH3 is 1. The van der Waals surface area contributed by atoms with E-state index < -0.39 is 5.25 Å². The number of rotatable bonds is 7. The summed E-state index contributed by atoms with van der Waals surface area (Å²) in [5.74, 6) is 0.846. The normalized spacial score (nSPS) is 11.7. The van der Waals surface area contributed by atoms with Gasteiger partial charge in [0, 0.05) is 11.3 Å². The fraction of sp³-hybridized carbons (Fsp3) is 0.125. The van der Waals surface area contributed by atoms with Crippen LogP contribution >= 0.6 is 11.8 Å². The van der Waals surface area contributed by atoms with E-state index in [2.05, 4.69) is 15.5 Å². The Morgan fingerprint density at radius 1 is 0.935 bits per heavy atom. The highest BCUT2D eigenvalue weighted by molar-refractivity contribution is 8.00. The third kappa shape index (κ3) is 4.78. The van der Waals surface area contributed by atoms with Gasteiger partial charge in [-0.25, -0.2) is 0 Å². The SMILES string of the molecule is COc1ccccc1-c1nnc(SC(C)C(=O)Nc2ccccc2-c2ccccc2)o1. The molecule has 1 aromatic heterocycles. The standard InChI is InChI=1S/C24H21N3O3S/c1-16(31-24-27-26-23(30-24)19-13-7-9-15-21(19)29-2)22(28)25-20-14-8-6-12-18(20)17-10-4-3-5-11-17/h3-16H,1-2H3,(H,25,28). The molecule has 0 saturated heterocycles. The third-order valence-electron chi connectivity index (χ3n) is 4.66. The lowest BCUT2D eigenvalue weighted by Gasteiger charge is -2.14. The molecule has 1 unspecified atom stereocenters. The topological polar surface area (TPSA) is 77.2 Å². The first-order valence-electron chi connectivity index (χ1n) is 9.74. The number of amides is 1. The molecule has 1 N–H and O–H groups in total. The highest BCUT2D eigenvalue weighted by atomic mass is 32.2. The predicted octanol–water partition coefficient (Wildman–Crippen LogP) is 5.53. The molecule has 31 heavy (non-hydrogen) atoms. The van der Waals surface area contributed by atoms with Crippen LogP contribution in [0.15, 0.2) is 88.5 Å². The molecule has 4 aromatic rings.